The molecule has 6 nitrogen and oxygen atoms in total. The molecule has 3 N–H and O–H groups in total. The number of pyridine rings is 1. The van der Waals surface area contributed by atoms with Crippen LogP contribution < -0.4 is 10.9 Å². The standard InChI is InChI=1S/C14H10F3N3O3/c15-14(16,17)9-4-1-3-8(7-9)12(22)19-20-13(23)11-10(21)5-2-6-18-11/h1-7,21H,(H,19,22)(H,20,23). The molecule has 23 heavy (non-hydrogen) atoms. The number of alkyl halides is 3. The highest BCUT2D eigenvalue weighted by molar-refractivity contribution is 5.99. The first-order valence-corrected chi connectivity index (χ1v) is 6.21. The molecular formula is C14H10F3N3O3. The minimum absolute atomic E-state index is 0.287. The predicted molar refractivity (Wildman–Crippen MR) is 72.3 cm³/mol. The van der Waals surface area contributed by atoms with Crippen molar-refractivity contribution in [1.29, 1.82) is 0 Å². The molecule has 0 radical (unpaired) electrons. The van der Waals surface area contributed by atoms with Crippen LogP contribution in [0.1, 0.15) is 26.4 Å². The van der Waals surface area contributed by atoms with Crippen molar-refractivity contribution in [2.75, 3.05) is 0 Å². The lowest BCUT2D eigenvalue weighted by atomic mass is 10.1. The van der Waals surface area contributed by atoms with E-state index in [0.717, 1.165) is 18.2 Å². The number of halogens is 3. The molecular weight excluding hydrogens is 315 g/mol. The number of aromatic hydroxyl groups is 1. The minimum Gasteiger partial charge on any atom is -0.505 e. The highest BCUT2D eigenvalue weighted by Gasteiger charge is 2.30. The topological polar surface area (TPSA) is 91.3 Å². The Balaban J connectivity index is 2.06. The third-order valence-corrected chi connectivity index (χ3v) is 2.74. The number of benzene rings is 1. The van der Waals surface area contributed by atoms with Gasteiger partial charge in [-0.1, -0.05) is 6.07 Å². The van der Waals surface area contributed by atoms with Crippen molar-refractivity contribution < 1.29 is 27.9 Å². The van der Waals surface area contributed by atoms with Gasteiger partial charge in [-0.2, -0.15) is 13.2 Å². The first kappa shape index (κ1) is 16.3. The van der Waals surface area contributed by atoms with Crippen LogP contribution in [0.25, 0.3) is 0 Å². The summed E-state index contributed by atoms with van der Waals surface area (Å²) < 4.78 is 37.7. The summed E-state index contributed by atoms with van der Waals surface area (Å²) in [5.74, 6) is -2.26. The van der Waals surface area contributed by atoms with Crippen molar-refractivity contribution >= 4 is 11.8 Å². The number of aromatic nitrogens is 1. The fourth-order valence-corrected chi connectivity index (χ4v) is 1.65. The minimum atomic E-state index is -4.58. The summed E-state index contributed by atoms with van der Waals surface area (Å²) in [7, 11) is 0. The summed E-state index contributed by atoms with van der Waals surface area (Å²) in [4.78, 5) is 27.1. The maximum atomic E-state index is 12.6. The van der Waals surface area contributed by atoms with Gasteiger partial charge in [0.1, 0.15) is 5.75 Å². The molecule has 0 unspecified atom stereocenters. The molecule has 9 heteroatoms. The zero-order valence-electron chi connectivity index (χ0n) is 11.4. The monoisotopic (exact) mass is 325 g/mol. The van der Waals surface area contributed by atoms with E-state index in [1.165, 1.54) is 18.3 Å². The Hall–Kier alpha value is -3.10. The van der Waals surface area contributed by atoms with Crippen molar-refractivity contribution in [3.05, 3.63) is 59.4 Å². The van der Waals surface area contributed by atoms with E-state index in [9.17, 15) is 27.9 Å². The van der Waals surface area contributed by atoms with Crippen LogP contribution >= 0.6 is 0 Å². The van der Waals surface area contributed by atoms with E-state index in [1.54, 1.807) is 0 Å². The molecule has 2 aromatic rings. The summed E-state index contributed by atoms with van der Waals surface area (Å²) in [5, 5.41) is 9.43. The molecule has 0 aliphatic rings. The van der Waals surface area contributed by atoms with Crippen LogP contribution in [-0.2, 0) is 6.18 Å². The molecule has 0 fully saturated rings. The molecule has 0 spiro atoms. The molecule has 1 heterocycles. The van der Waals surface area contributed by atoms with Crippen LogP contribution in [-0.4, -0.2) is 21.9 Å². The van der Waals surface area contributed by atoms with Gasteiger partial charge in [-0.3, -0.25) is 20.4 Å². The average Bonchev–Trinajstić information content (AvgIpc) is 2.52. The second-order valence-corrected chi connectivity index (χ2v) is 4.36. The number of hydrogen-bond acceptors (Lipinski definition) is 4. The predicted octanol–water partition coefficient (Wildman–Crippen LogP) is 1.88. The van der Waals surface area contributed by atoms with E-state index in [1.807, 2.05) is 10.9 Å². The van der Waals surface area contributed by atoms with Crippen molar-refractivity contribution in [2.45, 2.75) is 6.18 Å². The van der Waals surface area contributed by atoms with Gasteiger partial charge in [0.15, 0.2) is 5.69 Å². The Morgan fingerprint density at radius 1 is 1.04 bits per heavy atom. The number of rotatable bonds is 2. The zero-order chi connectivity index (χ0) is 17.0. The summed E-state index contributed by atoms with van der Waals surface area (Å²) in [5.41, 5.74) is 2.29. The molecule has 0 aliphatic carbocycles. The largest absolute Gasteiger partial charge is 0.505 e. The van der Waals surface area contributed by atoms with Crippen LogP contribution in [0.15, 0.2) is 42.6 Å². The van der Waals surface area contributed by atoms with Crippen molar-refractivity contribution in [2.24, 2.45) is 0 Å². The highest BCUT2D eigenvalue weighted by atomic mass is 19.4. The van der Waals surface area contributed by atoms with Gasteiger partial charge in [0, 0.05) is 11.8 Å². The van der Waals surface area contributed by atoms with E-state index in [-0.39, 0.29) is 11.3 Å². The SMILES string of the molecule is O=C(NNC(=O)c1ncccc1O)c1cccc(C(F)(F)F)c1. The number of carbonyl (C=O) groups is 2. The normalized spacial score (nSPS) is 10.9. The summed E-state index contributed by atoms with van der Waals surface area (Å²) in [6.45, 7) is 0. The van der Waals surface area contributed by atoms with Gasteiger partial charge < -0.3 is 5.11 Å². The van der Waals surface area contributed by atoms with Crippen molar-refractivity contribution in [3.63, 3.8) is 0 Å². The molecule has 2 amide bonds. The smallest absolute Gasteiger partial charge is 0.416 e. The Labute approximate surface area is 127 Å². The van der Waals surface area contributed by atoms with Gasteiger partial charge in [-0.25, -0.2) is 4.98 Å². The molecule has 0 saturated heterocycles. The third-order valence-electron chi connectivity index (χ3n) is 2.74. The fraction of sp³-hybridized carbons (Fsp3) is 0.0714. The van der Waals surface area contributed by atoms with Gasteiger partial charge in [-0.05, 0) is 30.3 Å². The number of hydrazine groups is 1. The van der Waals surface area contributed by atoms with Crippen molar-refractivity contribution in [1.82, 2.24) is 15.8 Å². The van der Waals surface area contributed by atoms with E-state index >= 15 is 0 Å². The number of amides is 2. The van der Waals surface area contributed by atoms with Gasteiger partial charge >= 0.3 is 6.18 Å². The highest BCUT2D eigenvalue weighted by Crippen LogP contribution is 2.29. The summed E-state index contributed by atoms with van der Waals surface area (Å²) >= 11 is 0. The molecule has 0 saturated carbocycles. The number of carbonyl (C=O) groups excluding carboxylic acids is 2. The quantitative estimate of drug-likeness (QED) is 0.735. The Kier molecular flexibility index (Phi) is 4.49. The molecule has 0 bridgehead atoms. The number of hydrogen-bond donors (Lipinski definition) is 3. The van der Waals surface area contributed by atoms with E-state index in [0.29, 0.717) is 6.07 Å². The molecule has 1 aromatic carbocycles. The Morgan fingerprint density at radius 3 is 2.39 bits per heavy atom. The van der Waals surface area contributed by atoms with Crippen LogP contribution in [0.5, 0.6) is 5.75 Å². The molecule has 0 atom stereocenters. The van der Waals surface area contributed by atoms with E-state index in [2.05, 4.69) is 4.98 Å². The molecule has 2 rings (SSSR count). The lowest BCUT2D eigenvalue weighted by Crippen LogP contribution is -2.42. The van der Waals surface area contributed by atoms with E-state index in [4.69, 9.17) is 0 Å². The summed E-state index contributed by atoms with van der Waals surface area (Å²) in [6.07, 6.45) is -3.33. The molecule has 0 aliphatic heterocycles. The Morgan fingerprint density at radius 2 is 1.74 bits per heavy atom. The van der Waals surface area contributed by atoms with Gasteiger partial charge in [0.25, 0.3) is 11.8 Å². The lowest BCUT2D eigenvalue weighted by molar-refractivity contribution is -0.137. The number of nitrogens with zero attached hydrogens (tertiary/aromatic N) is 1. The van der Waals surface area contributed by atoms with Gasteiger partial charge in [0.2, 0.25) is 0 Å². The zero-order valence-corrected chi connectivity index (χ0v) is 11.4. The maximum absolute atomic E-state index is 12.6. The molecule has 1 aromatic heterocycles. The average molecular weight is 325 g/mol. The third kappa shape index (κ3) is 3.96. The fourth-order valence-electron chi connectivity index (χ4n) is 1.65. The first-order valence-electron chi connectivity index (χ1n) is 6.21. The maximum Gasteiger partial charge on any atom is 0.416 e. The van der Waals surface area contributed by atoms with Crippen LogP contribution in [0, 0.1) is 0 Å². The molecule has 120 valence electrons. The van der Waals surface area contributed by atoms with Crippen LogP contribution in [0.3, 0.4) is 0 Å². The van der Waals surface area contributed by atoms with Gasteiger partial charge in [-0.15, -0.1) is 0 Å². The van der Waals surface area contributed by atoms with Gasteiger partial charge in [0.05, 0.1) is 5.56 Å². The van der Waals surface area contributed by atoms with Crippen LogP contribution in [0.2, 0.25) is 0 Å². The van der Waals surface area contributed by atoms with Crippen LogP contribution in [0.4, 0.5) is 13.2 Å². The van der Waals surface area contributed by atoms with E-state index < -0.39 is 29.3 Å². The van der Waals surface area contributed by atoms with Crippen molar-refractivity contribution in [3.8, 4) is 5.75 Å². The Bertz CT molecular complexity index is 747. The summed E-state index contributed by atoms with van der Waals surface area (Å²) in [6, 6.07) is 6.32. The lowest BCUT2D eigenvalue weighted by Gasteiger charge is -2.10. The second-order valence-electron chi connectivity index (χ2n) is 4.36. The first-order chi connectivity index (χ1) is 10.8. The number of nitrogens with one attached hydrogen (secondary N) is 2. The second kappa shape index (κ2) is 6.34.